The number of aryl methyl sites for hydroxylation is 2. The van der Waals surface area contributed by atoms with Crippen molar-refractivity contribution in [3.05, 3.63) is 58.7 Å². The Morgan fingerprint density at radius 3 is 1.36 bits per heavy atom. The molecule has 0 amide bonds. The van der Waals surface area contributed by atoms with Crippen LogP contribution < -0.4 is 0 Å². The molecule has 4 rings (SSSR count). The third kappa shape index (κ3) is 4.54. The van der Waals surface area contributed by atoms with Crippen molar-refractivity contribution in [1.29, 1.82) is 0 Å². The lowest BCUT2D eigenvalue weighted by Gasteiger charge is -2.24. The zero-order chi connectivity index (χ0) is 19.3. The summed E-state index contributed by atoms with van der Waals surface area (Å²) >= 11 is 0. The van der Waals surface area contributed by atoms with Crippen LogP contribution in [0.1, 0.15) is 98.3 Å². The van der Waals surface area contributed by atoms with E-state index >= 15 is 0 Å². The van der Waals surface area contributed by atoms with Gasteiger partial charge in [-0.2, -0.15) is 0 Å². The van der Waals surface area contributed by atoms with Crippen LogP contribution in [0.25, 0.3) is 0 Å². The molecular formula is C26H34O2. The third-order valence-corrected chi connectivity index (χ3v) is 6.98. The normalized spacial score (nSPS) is 19.0. The van der Waals surface area contributed by atoms with E-state index in [-0.39, 0.29) is 0 Å². The highest BCUT2D eigenvalue weighted by Crippen LogP contribution is 2.39. The van der Waals surface area contributed by atoms with E-state index in [1.807, 2.05) is 12.1 Å². The summed E-state index contributed by atoms with van der Waals surface area (Å²) in [6, 6.07) is 12.4. The van der Waals surface area contributed by atoms with Crippen LogP contribution in [0.15, 0.2) is 36.4 Å². The van der Waals surface area contributed by atoms with E-state index in [2.05, 4.69) is 24.3 Å². The van der Waals surface area contributed by atoms with Gasteiger partial charge in [0.1, 0.15) is 11.5 Å². The second-order valence-corrected chi connectivity index (χ2v) is 8.96. The highest BCUT2D eigenvalue weighted by atomic mass is 16.3. The molecule has 2 aliphatic carbocycles. The minimum absolute atomic E-state index is 0.472. The minimum Gasteiger partial charge on any atom is -0.508 e. The molecule has 0 aliphatic heterocycles. The fourth-order valence-corrected chi connectivity index (χ4v) is 5.29. The molecule has 28 heavy (non-hydrogen) atoms. The summed E-state index contributed by atoms with van der Waals surface area (Å²) in [6.45, 7) is 0. The number of hydrogen-bond acceptors (Lipinski definition) is 2. The Kier molecular flexibility index (Phi) is 6.24. The van der Waals surface area contributed by atoms with Crippen LogP contribution >= 0.6 is 0 Å². The third-order valence-electron chi connectivity index (χ3n) is 6.98. The lowest BCUT2D eigenvalue weighted by molar-refractivity contribution is 0.413. The molecule has 2 nitrogen and oxygen atoms in total. The van der Waals surface area contributed by atoms with Gasteiger partial charge in [-0.15, -0.1) is 0 Å². The van der Waals surface area contributed by atoms with Gasteiger partial charge in [-0.1, -0.05) is 62.8 Å². The van der Waals surface area contributed by atoms with Crippen molar-refractivity contribution in [2.75, 3.05) is 0 Å². The quantitative estimate of drug-likeness (QED) is 0.589. The van der Waals surface area contributed by atoms with Gasteiger partial charge in [0, 0.05) is 0 Å². The predicted octanol–water partition coefficient (Wildman–Crippen LogP) is 6.98. The van der Waals surface area contributed by atoms with Crippen molar-refractivity contribution < 1.29 is 10.2 Å². The first kappa shape index (κ1) is 19.4. The summed E-state index contributed by atoms with van der Waals surface area (Å²) < 4.78 is 0. The van der Waals surface area contributed by atoms with Crippen LogP contribution in [0.2, 0.25) is 0 Å². The zero-order valence-corrected chi connectivity index (χ0v) is 17.0. The van der Waals surface area contributed by atoms with Gasteiger partial charge in [-0.05, 0) is 84.7 Å². The van der Waals surface area contributed by atoms with Crippen molar-refractivity contribution in [2.45, 2.75) is 88.9 Å². The average molecular weight is 379 g/mol. The summed E-state index contributed by atoms with van der Waals surface area (Å²) in [5.74, 6) is 2.00. The Morgan fingerprint density at radius 2 is 0.964 bits per heavy atom. The molecule has 0 aromatic heterocycles. The number of hydrogen-bond donors (Lipinski definition) is 2. The lowest BCUT2D eigenvalue weighted by atomic mass is 9.82. The standard InChI is InChI=1S/C26H34O2/c27-25-15-13-19(17-23(25)21-7-3-1-4-8-21)11-12-20-14-16-26(28)24(18-20)22-9-5-2-6-10-22/h13-18,21-22,27-28H,1-12H2. The number of aromatic hydroxyl groups is 2. The summed E-state index contributed by atoms with van der Waals surface area (Å²) in [5, 5.41) is 20.7. The maximum absolute atomic E-state index is 10.4. The van der Waals surface area contributed by atoms with Crippen molar-refractivity contribution in [1.82, 2.24) is 0 Å². The van der Waals surface area contributed by atoms with Crippen molar-refractivity contribution >= 4 is 0 Å². The first-order valence-electron chi connectivity index (χ1n) is 11.3. The van der Waals surface area contributed by atoms with Gasteiger partial charge in [-0.25, -0.2) is 0 Å². The summed E-state index contributed by atoms with van der Waals surface area (Å²) in [7, 11) is 0. The first-order valence-corrected chi connectivity index (χ1v) is 11.3. The fraction of sp³-hybridized carbons (Fsp3) is 0.538. The molecule has 0 unspecified atom stereocenters. The van der Waals surface area contributed by atoms with E-state index < -0.39 is 0 Å². The Bertz CT molecular complexity index is 716. The first-order chi connectivity index (χ1) is 13.7. The lowest BCUT2D eigenvalue weighted by Crippen LogP contribution is -2.06. The molecule has 2 fully saturated rings. The Hall–Kier alpha value is -1.96. The van der Waals surface area contributed by atoms with E-state index in [0.717, 1.165) is 24.0 Å². The Morgan fingerprint density at radius 1 is 0.571 bits per heavy atom. The Balaban J connectivity index is 1.45. The smallest absolute Gasteiger partial charge is 0.119 e. The van der Waals surface area contributed by atoms with Gasteiger partial charge < -0.3 is 10.2 Å². The van der Waals surface area contributed by atoms with Crippen molar-refractivity contribution in [3.63, 3.8) is 0 Å². The van der Waals surface area contributed by atoms with E-state index in [1.165, 1.54) is 75.3 Å². The number of rotatable bonds is 5. The molecule has 2 heteroatoms. The molecule has 2 aromatic carbocycles. The van der Waals surface area contributed by atoms with E-state index in [9.17, 15) is 10.2 Å². The van der Waals surface area contributed by atoms with Gasteiger partial charge in [0.15, 0.2) is 0 Å². The van der Waals surface area contributed by atoms with Gasteiger partial charge in [-0.3, -0.25) is 0 Å². The fourth-order valence-electron chi connectivity index (χ4n) is 5.29. The zero-order valence-electron chi connectivity index (χ0n) is 17.0. The molecule has 2 N–H and O–H groups in total. The van der Waals surface area contributed by atoms with E-state index in [4.69, 9.17) is 0 Å². The number of phenolic OH excluding ortho intramolecular Hbond substituents is 2. The van der Waals surface area contributed by atoms with E-state index in [0.29, 0.717) is 23.3 Å². The van der Waals surface area contributed by atoms with Gasteiger partial charge >= 0.3 is 0 Å². The largest absolute Gasteiger partial charge is 0.508 e. The molecule has 0 radical (unpaired) electrons. The average Bonchev–Trinajstić information content (AvgIpc) is 2.75. The molecule has 150 valence electrons. The van der Waals surface area contributed by atoms with Gasteiger partial charge in [0.05, 0.1) is 0 Å². The molecule has 0 atom stereocenters. The second kappa shape index (κ2) is 9.03. The van der Waals surface area contributed by atoms with Crippen LogP contribution in [-0.4, -0.2) is 10.2 Å². The van der Waals surface area contributed by atoms with Crippen LogP contribution in [0.3, 0.4) is 0 Å². The molecule has 2 saturated carbocycles. The second-order valence-electron chi connectivity index (χ2n) is 8.96. The molecule has 0 bridgehead atoms. The highest BCUT2D eigenvalue weighted by Gasteiger charge is 2.20. The molecule has 0 spiro atoms. The number of phenols is 2. The van der Waals surface area contributed by atoms with Crippen LogP contribution in [0, 0.1) is 0 Å². The molecule has 2 aromatic rings. The van der Waals surface area contributed by atoms with Crippen molar-refractivity contribution in [2.24, 2.45) is 0 Å². The van der Waals surface area contributed by atoms with Crippen LogP contribution in [0.4, 0.5) is 0 Å². The SMILES string of the molecule is Oc1ccc(CCc2ccc(O)c(C3CCCCC3)c2)cc1C1CCCCC1. The monoisotopic (exact) mass is 378 g/mol. The van der Waals surface area contributed by atoms with Gasteiger partial charge in [0.2, 0.25) is 0 Å². The predicted molar refractivity (Wildman–Crippen MR) is 115 cm³/mol. The summed E-state index contributed by atoms with van der Waals surface area (Å²) in [6.07, 6.45) is 14.6. The van der Waals surface area contributed by atoms with E-state index in [1.54, 1.807) is 0 Å². The maximum atomic E-state index is 10.4. The highest BCUT2D eigenvalue weighted by molar-refractivity contribution is 5.41. The van der Waals surface area contributed by atoms with Gasteiger partial charge in [0.25, 0.3) is 0 Å². The molecule has 0 saturated heterocycles. The Labute approximate surface area is 169 Å². The maximum Gasteiger partial charge on any atom is 0.119 e. The number of benzene rings is 2. The molecule has 0 heterocycles. The van der Waals surface area contributed by atoms with Crippen LogP contribution in [0.5, 0.6) is 11.5 Å². The van der Waals surface area contributed by atoms with Crippen LogP contribution in [-0.2, 0) is 12.8 Å². The minimum atomic E-state index is 0.472. The molecule has 2 aliphatic rings. The summed E-state index contributed by atoms with van der Waals surface area (Å²) in [5.41, 5.74) is 4.94. The summed E-state index contributed by atoms with van der Waals surface area (Å²) in [4.78, 5) is 0. The topological polar surface area (TPSA) is 40.5 Å². The van der Waals surface area contributed by atoms with Crippen molar-refractivity contribution in [3.8, 4) is 11.5 Å². The molecular weight excluding hydrogens is 344 g/mol.